The van der Waals surface area contributed by atoms with Gasteiger partial charge in [-0.3, -0.25) is 4.99 Å². The first kappa shape index (κ1) is 20.4. The van der Waals surface area contributed by atoms with Crippen molar-refractivity contribution in [3.8, 4) is 0 Å². The van der Waals surface area contributed by atoms with E-state index in [2.05, 4.69) is 32.5 Å². The van der Waals surface area contributed by atoms with Gasteiger partial charge in [-0.05, 0) is 18.9 Å². The van der Waals surface area contributed by atoms with Crippen LogP contribution in [0.2, 0.25) is 0 Å². The number of hydrogen-bond acceptors (Lipinski definition) is 4. The number of sulfonamides is 1. The number of ether oxygens (including phenoxy) is 1. The summed E-state index contributed by atoms with van der Waals surface area (Å²) in [4.78, 5) is 4.08. The number of aliphatic imine (C=N–C) groups is 1. The van der Waals surface area contributed by atoms with Gasteiger partial charge in [0.1, 0.15) is 0 Å². The van der Waals surface area contributed by atoms with Crippen molar-refractivity contribution in [2.45, 2.75) is 19.4 Å². The lowest BCUT2D eigenvalue weighted by Crippen LogP contribution is -2.41. The average molecular weight is 356 g/mol. The van der Waals surface area contributed by atoms with Crippen molar-refractivity contribution in [2.24, 2.45) is 4.99 Å². The first-order valence-electron chi connectivity index (χ1n) is 7.98. The van der Waals surface area contributed by atoms with Crippen LogP contribution in [0.3, 0.4) is 0 Å². The third-order valence-electron chi connectivity index (χ3n) is 3.26. The van der Waals surface area contributed by atoms with Gasteiger partial charge in [-0.1, -0.05) is 30.3 Å². The van der Waals surface area contributed by atoms with Crippen LogP contribution >= 0.6 is 0 Å². The van der Waals surface area contributed by atoms with E-state index in [1.165, 1.54) is 5.56 Å². The standard InChI is InChI=1S/C16H28N4O3S/c1-14(15-8-5-4-6-9-15)23-13-7-10-18-16(17-2)19-11-12-20-24(3,21)22/h4-6,8-9,14,20H,7,10-13H2,1-3H3,(H2,17,18,19). The Labute approximate surface area is 145 Å². The van der Waals surface area contributed by atoms with Crippen LogP contribution in [0, 0.1) is 0 Å². The summed E-state index contributed by atoms with van der Waals surface area (Å²) in [5.74, 6) is 0.640. The lowest BCUT2D eigenvalue weighted by atomic mass is 10.1. The first-order chi connectivity index (χ1) is 11.4. The Bertz CT molecular complexity index is 591. The van der Waals surface area contributed by atoms with Gasteiger partial charge in [0, 0.05) is 33.3 Å². The zero-order valence-corrected chi connectivity index (χ0v) is 15.4. The normalized spacial score (nSPS) is 13.5. The predicted octanol–water partition coefficient (Wildman–Crippen LogP) is 0.869. The minimum Gasteiger partial charge on any atom is -0.374 e. The van der Waals surface area contributed by atoms with Gasteiger partial charge in [0.2, 0.25) is 10.0 Å². The molecule has 0 heterocycles. The SMILES string of the molecule is CN=C(NCCCOC(C)c1ccccc1)NCCNS(C)(=O)=O. The molecule has 0 radical (unpaired) electrons. The molecule has 1 rings (SSSR count). The Kier molecular flexibility index (Phi) is 9.36. The summed E-state index contributed by atoms with van der Waals surface area (Å²) in [5, 5.41) is 6.20. The topological polar surface area (TPSA) is 91.8 Å². The van der Waals surface area contributed by atoms with Crippen LogP contribution in [0.25, 0.3) is 0 Å². The van der Waals surface area contributed by atoms with Gasteiger partial charge in [-0.2, -0.15) is 0 Å². The second kappa shape index (κ2) is 11.0. The minimum absolute atomic E-state index is 0.0747. The summed E-state index contributed by atoms with van der Waals surface area (Å²) in [5.41, 5.74) is 1.17. The molecular formula is C16H28N4O3S. The van der Waals surface area contributed by atoms with E-state index in [0.717, 1.165) is 19.2 Å². The average Bonchev–Trinajstić information content (AvgIpc) is 2.56. The summed E-state index contributed by atoms with van der Waals surface area (Å²) < 4.78 is 30.1. The number of guanidine groups is 1. The van der Waals surface area contributed by atoms with E-state index in [0.29, 0.717) is 25.7 Å². The molecule has 1 aromatic carbocycles. The fraction of sp³-hybridized carbons (Fsp3) is 0.562. The molecule has 0 saturated carbocycles. The molecule has 0 aliphatic rings. The van der Waals surface area contributed by atoms with Gasteiger partial charge in [-0.25, -0.2) is 13.1 Å². The minimum atomic E-state index is -3.15. The number of nitrogens with zero attached hydrogens (tertiary/aromatic N) is 1. The molecule has 0 aliphatic heterocycles. The van der Waals surface area contributed by atoms with Crippen molar-refractivity contribution in [1.29, 1.82) is 0 Å². The van der Waals surface area contributed by atoms with Gasteiger partial charge in [0.05, 0.1) is 12.4 Å². The Hall–Kier alpha value is -1.64. The van der Waals surface area contributed by atoms with Gasteiger partial charge in [0.25, 0.3) is 0 Å². The molecule has 0 saturated heterocycles. The Morgan fingerprint density at radius 2 is 1.83 bits per heavy atom. The quantitative estimate of drug-likeness (QED) is 0.329. The lowest BCUT2D eigenvalue weighted by Gasteiger charge is -2.15. The number of nitrogens with one attached hydrogen (secondary N) is 3. The summed E-state index contributed by atoms with van der Waals surface area (Å²) in [6.07, 6.45) is 2.06. The molecule has 136 valence electrons. The van der Waals surface area contributed by atoms with E-state index in [1.54, 1.807) is 7.05 Å². The van der Waals surface area contributed by atoms with Crippen LogP contribution in [0.5, 0.6) is 0 Å². The molecule has 0 aromatic heterocycles. The molecule has 0 aliphatic carbocycles. The van der Waals surface area contributed by atoms with Crippen molar-refractivity contribution < 1.29 is 13.2 Å². The van der Waals surface area contributed by atoms with Gasteiger partial charge in [0.15, 0.2) is 5.96 Å². The Morgan fingerprint density at radius 3 is 2.46 bits per heavy atom. The van der Waals surface area contributed by atoms with Crippen LogP contribution in [0.15, 0.2) is 35.3 Å². The van der Waals surface area contributed by atoms with Crippen molar-refractivity contribution in [3.05, 3.63) is 35.9 Å². The lowest BCUT2D eigenvalue weighted by molar-refractivity contribution is 0.0646. The highest BCUT2D eigenvalue weighted by Gasteiger charge is 2.04. The maximum absolute atomic E-state index is 10.9. The molecule has 0 fully saturated rings. The Morgan fingerprint density at radius 1 is 1.17 bits per heavy atom. The molecule has 24 heavy (non-hydrogen) atoms. The van der Waals surface area contributed by atoms with Crippen LogP contribution < -0.4 is 15.4 Å². The van der Waals surface area contributed by atoms with E-state index in [-0.39, 0.29) is 6.10 Å². The summed E-state index contributed by atoms with van der Waals surface area (Å²) in [6, 6.07) is 10.1. The van der Waals surface area contributed by atoms with E-state index in [1.807, 2.05) is 25.1 Å². The molecule has 0 spiro atoms. The predicted molar refractivity (Wildman–Crippen MR) is 97.6 cm³/mol. The molecule has 0 bridgehead atoms. The van der Waals surface area contributed by atoms with Crippen molar-refractivity contribution in [3.63, 3.8) is 0 Å². The number of hydrogen-bond donors (Lipinski definition) is 3. The van der Waals surface area contributed by atoms with Gasteiger partial charge < -0.3 is 15.4 Å². The maximum Gasteiger partial charge on any atom is 0.208 e. The molecule has 1 atom stereocenters. The van der Waals surface area contributed by atoms with Gasteiger partial charge >= 0.3 is 0 Å². The van der Waals surface area contributed by atoms with Crippen LogP contribution in [-0.2, 0) is 14.8 Å². The third-order valence-corrected chi connectivity index (χ3v) is 3.98. The molecule has 1 unspecified atom stereocenters. The summed E-state index contributed by atoms with van der Waals surface area (Å²) in [6.45, 7) is 4.19. The molecule has 0 amide bonds. The Balaban J connectivity index is 2.12. The van der Waals surface area contributed by atoms with E-state index in [9.17, 15) is 8.42 Å². The monoisotopic (exact) mass is 356 g/mol. The number of rotatable bonds is 10. The highest BCUT2D eigenvalue weighted by Crippen LogP contribution is 2.15. The summed E-state index contributed by atoms with van der Waals surface area (Å²) >= 11 is 0. The molecular weight excluding hydrogens is 328 g/mol. The zero-order valence-electron chi connectivity index (χ0n) is 14.6. The fourth-order valence-corrected chi connectivity index (χ4v) is 2.47. The van der Waals surface area contributed by atoms with Crippen molar-refractivity contribution in [2.75, 3.05) is 39.5 Å². The second-order valence-corrected chi connectivity index (χ2v) is 7.20. The fourth-order valence-electron chi connectivity index (χ4n) is 2.00. The smallest absolute Gasteiger partial charge is 0.208 e. The van der Waals surface area contributed by atoms with E-state index in [4.69, 9.17) is 4.74 Å². The first-order valence-corrected chi connectivity index (χ1v) is 9.87. The second-order valence-electron chi connectivity index (χ2n) is 5.37. The maximum atomic E-state index is 10.9. The van der Waals surface area contributed by atoms with Crippen molar-refractivity contribution in [1.82, 2.24) is 15.4 Å². The van der Waals surface area contributed by atoms with E-state index >= 15 is 0 Å². The summed E-state index contributed by atoms with van der Waals surface area (Å²) in [7, 11) is -1.48. The largest absolute Gasteiger partial charge is 0.374 e. The van der Waals surface area contributed by atoms with Gasteiger partial charge in [-0.15, -0.1) is 0 Å². The molecule has 3 N–H and O–H groups in total. The molecule has 1 aromatic rings. The number of benzene rings is 1. The van der Waals surface area contributed by atoms with E-state index < -0.39 is 10.0 Å². The zero-order chi connectivity index (χ0) is 17.8. The van der Waals surface area contributed by atoms with Crippen LogP contribution in [0.4, 0.5) is 0 Å². The van der Waals surface area contributed by atoms with Crippen LogP contribution in [-0.4, -0.2) is 53.9 Å². The molecule has 7 nitrogen and oxygen atoms in total. The molecule has 8 heteroatoms. The van der Waals surface area contributed by atoms with Crippen LogP contribution in [0.1, 0.15) is 25.0 Å². The third kappa shape index (κ3) is 9.49. The highest BCUT2D eigenvalue weighted by molar-refractivity contribution is 7.88. The highest BCUT2D eigenvalue weighted by atomic mass is 32.2. The van der Waals surface area contributed by atoms with Crippen molar-refractivity contribution >= 4 is 16.0 Å².